The van der Waals surface area contributed by atoms with Crippen molar-refractivity contribution in [2.24, 2.45) is 0 Å². The summed E-state index contributed by atoms with van der Waals surface area (Å²) in [6, 6.07) is 17.4. The van der Waals surface area contributed by atoms with Crippen LogP contribution in [0.25, 0.3) is 0 Å². The van der Waals surface area contributed by atoms with Gasteiger partial charge in [-0.3, -0.25) is 0 Å². The van der Waals surface area contributed by atoms with E-state index in [2.05, 4.69) is 0 Å². The van der Waals surface area contributed by atoms with E-state index in [1.54, 1.807) is 18.2 Å². The molecule has 0 saturated carbocycles. The maximum absolute atomic E-state index is 14.7. The van der Waals surface area contributed by atoms with Gasteiger partial charge < -0.3 is 5.11 Å². The Bertz CT molecular complexity index is 1320. The summed E-state index contributed by atoms with van der Waals surface area (Å²) in [5, 5.41) is 3.49. The third-order valence-corrected chi connectivity index (χ3v) is 10.7. The molecule has 0 aromatic heterocycles. The molecule has 202 valence electrons. The Morgan fingerprint density at radius 3 is 1.59 bits per heavy atom. The number of hydrogen-bond donors (Lipinski definition) is 1. The topological polar surface area (TPSA) is 63.6 Å². The second kappa shape index (κ2) is 9.97. The molecule has 0 heterocycles. The van der Waals surface area contributed by atoms with Crippen molar-refractivity contribution in [2.45, 2.75) is 58.4 Å². The van der Waals surface area contributed by atoms with E-state index in [0.29, 0.717) is 0 Å². The smallest absolute Gasteiger partial charge is 0.378 e. The molecule has 2 unspecified atom stereocenters. The number of alkyl halides is 5. The molecule has 1 N–H and O–H groups in total. The lowest BCUT2D eigenvalue weighted by Crippen LogP contribution is -2.50. The van der Waals surface area contributed by atoms with Crippen molar-refractivity contribution in [3.63, 3.8) is 0 Å². The average Bonchev–Trinajstić information content (AvgIpc) is 2.82. The van der Waals surface area contributed by atoms with Crippen LogP contribution in [0.15, 0.2) is 93.5 Å². The molecule has 0 aliphatic heterocycles. The fourth-order valence-corrected chi connectivity index (χ4v) is 8.60. The highest BCUT2D eigenvalue weighted by Gasteiger charge is 2.65. The molecule has 0 amide bonds. The van der Waals surface area contributed by atoms with E-state index in [4.69, 9.17) is 3.63 Å². The highest BCUT2D eigenvalue weighted by atomic mass is 32.3. The maximum atomic E-state index is 14.7. The molecule has 0 saturated heterocycles. The molecule has 12 heteroatoms. The van der Waals surface area contributed by atoms with Crippen LogP contribution >= 0.6 is 10.3 Å². The van der Waals surface area contributed by atoms with Crippen molar-refractivity contribution >= 4 is 20.4 Å². The minimum Gasteiger partial charge on any atom is -0.378 e. The summed E-state index contributed by atoms with van der Waals surface area (Å²) in [5.74, 6) is -0.728. The first-order valence-electron chi connectivity index (χ1n) is 10.8. The zero-order valence-electron chi connectivity index (χ0n) is 19.8. The van der Waals surface area contributed by atoms with E-state index in [9.17, 15) is 39.9 Å². The fourth-order valence-electron chi connectivity index (χ4n) is 3.42. The van der Waals surface area contributed by atoms with Crippen LogP contribution in [0.2, 0.25) is 0 Å². The van der Waals surface area contributed by atoms with Crippen LogP contribution in [0, 0.1) is 5.82 Å². The van der Waals surface area contributed by atoms with Crippen LogP contribution in [-0.2, 0) is 19.2 Å². The van der Waals surface area contributed by atoms with E-state index in [0.717, 1.165) is 29.8 Å². The highest BCUT2D eigenvalue weighted by Crippen LogP contribution is 2.70. The zero-order chi connectivity index (χ0) is 27.9. The Kier molecular flexibility index (Phi) is 7.82. The van der Waals surface area contributed by atoms with E-state index in [1.807, 2.05) is 20.8 Å². The summed E-state index contributed by atoms with van der Waals surface area (Å²) in [5.41, 5.74) is 0.438. The molecule has 3 rings (SSSR count). The lowest BCUT2D eigenvalue weighted by molar-refractivity contribution is -0.248. The molecule has 0 radical (unpaired) electrons. The van der Waals surface area contributed by atoms with E-state index < -0.39 is 43.8 Å². The normalized spacial score (nSPS) is 16.6. The summed E-state index contributed by atoms with van der Waals surface area (Å²) >= 11 is 0. The van der Waals surface area contributed by atoms with Crippen molar-refractivity contribution in [2.75, 3.05) is 0 Å². The molecule has 0 spiro atoms. The van der Waals surface area contributed by atoms with Crippen LogP contribution in [0.4, 0.5) is 26.3 Å². The summed E-state index contributed by atoms with van der Waals surface area (Å²) in [7, 11) is -10.2. The minimum absolute atomic E-state index is 0.0333. The first-order valence-corrected chi connectivity index (χ1v) is 13.7. The van der Waals surface area contributed by atoms with Crippen molar-refractivity contribution in [1.29, 1.82) is 0 Å². The van der Waals surface area contributed by atoms with Crippen LogP contribution in [0.3, 0.4) is 0 Å². The second-order valence-electron chi connectivity index (χ2n) is 9.13. The number of benzene rings is 3. The van der Waals surface area contributed by atoms with Gasteiger partial charge in [-0.15, -0.1) is 0 Å². The molecule has 2 atom stereocenters. The molecule has 0 aliphatic rings. The number of aliphatic hydroxyl groups excluding tert-OH is 1. The van der Waals surface area contributed by atoms with Gasteiger partial charge in [-0.2, -0.15) is 30.4 Å². The molecule has 4 nitrogen and oxygen atoms in total. The van der Waals surface area contributed by atoms with Gasteiger partial charge in [0.15, 0.2) is 0 Å². The van der Waals surface area contributed by atoms with Gasteiger partial charge in [0, 0.05) is 14.7 Å². The Balaban J connectivity index is 2.36. The number of rotatable bonds is 7. The van der Waals surface area contributed by atoms with Crippen molar-refractivity contribution in [3.05, 3.63) is 90.2 Å². The van der Waals surface area contributed by atoms with Crippen molar-refractivity contribution < 1.29 is 43.5 Å². The van der Waals surface area contributed by atoms with Gasteiger partial charge in [0.05, 0.1) is 0 Å². The van der Waals surface area contributed by atoms with Gasteiger partial charge >= 0.3 is 21.5 Å². The summed E-state index contributed by atoms with van der Waals surface area (Å²) in [4.78, 5) is -0.00495. The molecule has 37 heavy (non-hydrogen) atoms. The van der Waals surface area contributed by atoms with Crippen molar-refractivity contribution in [1.82, 2.24) is 0 Å². The first kappa shape index (κ1) is 29.0. The third-order valence-electron chi connectivity index (χ3n) is 5.43. The van der Waals surface area contributed by atoms with Crippen LogP contribution in [0.5, 0.6) is 0 Å². The number of halogens is 6. The van der Waals surface area contributed by atoms with Gasteiger partial charge in [0.25, 0.3) is 0 Å². The van der Waals surface area contributed by atoms with Gasteiger partial charge in [-0.05, 0) is 69.8 Å². The van der Waals surface area contributed by atoms with Crippen LogP contribution in [0.1, 0.15) is 26.3 Å². The molecule has 3 aromatic carbocycles. The third kappa shape index (κ3) is 5.66. The Labute approximate surface area is 212 Å². The van der Waals surface area contributed by atoms with Crippen LogP contribution < -0.4 is 0 Å². The summed E-state index contributed by atoms with van der Waals surface area (Å²) in [6.07, 6.45) is -10.5. The van der Waals surface area contributed by atoms with Gasteiger partial charge in [-0.25, -0.2) is 8.02 Å². The average molecular weight is 567 g/mol. The zero-order valence-corrected chi connectivity index (χ0v) is 21.5. The SMILES string of the molecule is CC(C)(C)c1ccc(S(OS(=O)(=O)C(F)(F)C(O)C(F)(F)F)(c2ccccc2)c2ccc(F)cc2)cc1. The molecule has 3 aromatic rings. The highest BCUT2D eigenvalue weighted by molar-refractivity contribution is 8.33. The minimum atomic E-state index is -6.45. The quantitative estimate of drug-likeness (QED) is 0.308. The largest absolute Gasteiger partial charge is 0.421 e. The first-order chi connectivity index (χ1) is 16.9. The molecular weight excluding hydrogens is 542 g/mol. The summed E-state index contributed by atoms with van der Waals surface area (Å²) < 4.78 is 113. The molecule has 0 bridgehead atoms. The van der Waals surface area contributed by atoms with E-state index >= 15 is 0 Å². The number of aliphatic hydroxyl groups is 1. The standard InChI is InChI=1S/C25H24F6O4S2/c1-23(2,3)17-9-13-20(14-10-17)36(19-7-5-4-6-8-19,21-15-11-18(26)12-16-21)35-37(33,34)25(30,31)22(32)24(27,28)29/h4-16,22,32H,1-3H3. The predicted octanol–water partition coefficient (Wildman–Crippen LogP) is 7.18. The Hall–Kier alpha value is -2.54. The number of hydrogen-bond acceptors (Lipinski definition) is 4. The molecule has 0 fully saturated rings. The van der Waals surface area contributed by atoms with Gasteiger partial charge in [0.2, 0.25) is 6.10 Å². The maximum Gasteiger partial charge on any atom is 0.421 e. The van der Waals surface area contributed by atoms with Gasteiger partial charge in [-0.1, -0.05) is 51.1 Å². The molecule has 0 aliphatic carbocycles. The Morgan fingerprint density at radius 2 is 1.16 bits per heavy atom. The van der Waals surface area contributed by atoms with Crippen molar-refractivity contribution in [3.8, 4) is 0 Å². The predicted molar refractivity (Wildman–Crippen MR) is 127 cm³/mol. The lowest BCUT2D eigenvalue weighted by atomic mass is 9.87. The fraction of sp³-hybridized carbons (Fsp3) is 0.280. The lowest BCUT2D eigenvalue weighted by Gasteiger charge is -2.40. The van der Waals surface area contributed by atoms with Gasteiger partial charge in [0.1, 0.15) is 5.82 Å². The second-order valence-corrected chi connectivity index (χ2v) is 13.6. The van der Waals surface area contributed by atoms with E-state index in [1.165, 1.54) is 36.4 Å². The monoisotopic (exact) mass is 566 g/mol. The summed E-state index contributed by atoms with van der Waals surface area (Å²) in [6.45, 7) is 5.71. The van der Waals surface area contributed by atoms with E-state index in [-0.39, 0.29) is 20.1 Å². The van der Waals surface area contributed by atoms with Crippen LogP contribution in [-0.4, -0.2) is 31.1 Å². The molecular formula is C25H24F6O4S2. The Morgan fingerprint density at radius 1 is 0.730 bits per heavy atom.